The van der Waals surface area contributed by atoms with E-state index in [0.29, 0.717) is 12.2 Å². The van der Waals surface area contributed by atoms with Gasteiger partial charge in [0.1, 0.15) is 5.76 Å². The van der Waals surface area contributed by atoms with Crippen LogP contribution in [-0.2, 0) is 13.1 Å². The number of nitrogens with one attached hydrogen (secondary N) is 2. The third-order valence-electron chi connectivity index (χ3n) is 5.20. The molecule has 0 saturated heterocycles. The van der Waals surface area contributed by atoms with Gasteiger partial charge in [0.05, 0.1) is 18.3 Å². The van der Waals surface area contributed by atoms with Crippen molar-refractivity contribution in [1.82, 2.24) is 19.9 Å². The highest BCUT2D eigenvalue weighted by molar-refractivity contribution is 5.89. The van der Waals surface area contributed by atoms with Crippen molar-refractivity contribution in [2.75, 3.05) is 0 Å². The quantitative estimate of drug-likeness (QED) is 0.480. The first-order chi connectivity index (χ1) is 14.2. The van der Waals surface area contributed by atoms with Crippen LogP contribution in [0.4, 0.5) is 0 Å². The lowest BCUT2D eigenvalue weighted by atomic mass is 10.00. The van der Waals surface area contributed by atoms with Crippen molar-refractivity contribution in [3.8, 4) is 11.1 Å². The summed E-state index contributed by atoms with van der Waals surface area (Å²) in [6.45, 7) is 3.53. The van der Waals surface area contributed by atoms with Gasteiger partial charge in [-0.2, -0.15) is 5.10 Å². The van der Waals surface area contributed by atoms with Crippen LogP contribution in [0, 0.1) is 6.92 Å². The minimum Gasteiger partial charge on any atom is -0.468 e. The SMILES string of the molecule is Cc1cc2n[nH]c(=O)n2c2ccc(-c3ccc(CNCc4ccco4)cc3)cc12. The summed E-state index contributed by atoms with van der Waals surface area (Å²) in [4.78, 5) is 12.1. The Morgan fingerprint density at radius 1 is 1.03 bits per heavy atom. The summed E-state index contributed by atoms with van der Waals surface area (Å²) in [5.74, 6) is 0.930. The fourth-order valence-corrected chi connectivity index (χ4v) is 3.69. The molecule has 0 bridgehead atoms. The molecule has 0 fully saturated rings. The highest BCUT2D eigenvalue weighted by Gasteiger charge is 2.09. The monoisotopic (exact) mass is 384 g/mol. The zero-order valence-corrected chi connectivity index (χ0v) is 16.0. The zero-order chi connectivity index (χ0) is 19.8. The summed E-state index contributed by atoms with van der Waals surface area (Å²) in [6, 6.07) is 20.5. The molecule has 6 heteroatoms. The number of hydrogen-bond acceptors (Lipinski definition) is 4. The molecule has 5 aromatic rings. The number of nitrogens with zero attached hydrogens (tertiary/aromatic N) is 2. The van der Waals surface area contributed by atoms with E-state index >= 15 is 0 Å². The molecule has 0 saturated carbocycles. The number of aromatic amines is 1. The summed E-state index contributed by atoms with van der Waals surface area (Å²) < 4.78 is 6.94. The van der Waals surface area contributed by atoms with Crippen LogP contribution in [0.25, 0.3) is 27.7 Å². The largest absolute Gasteiger partial charge is 0.468 e. The second-order valence-electron chi connectivity index (χ2n) is 7.16. The van der Waals surface area contributed by atoms with Gasteiger partial charge >= 0.3 is 5.69 Å². The minimum absolute atomic E-state index is 0.218. The standard InChI is InChI=1S/C23H20N4O2/c1-15-11-22-25-26-23(28)27(22)21-9-8-18(12-20(15)21)17-6-4-16(5-7-17)13-24-14-19-3-2-10-29-19/h2-12,24H,13-14H2,1H3,(H,26,28). The van der Waals surface area contributed by atoms with Crippen LogP contribution >= 0.6 is 0 Å². The summed E-state index contributed by atoms with van der Waals surface area (Å²) in [6.07, 6.45) is 1.69. The lowest BCUT2D eigenvalue weighted by molar-refractivity contribution is 0.483. The average Bonchev–Trinajstić information content (AvgIpc) is 3.38. The molecular weight excluding hydrogens is 364 g/mol. The van der Waals surface area contributed by atoms with E-state index in [1.165, 1.54) is 5.56 Å². The van der Waals surface area contributed by atoms with Crippen LogP contribution in [-0.4, -0.2) is 14.6 Å². The van der Waals surface area contributed by atoms with Crippen molar-refractivity contribution < 1.29 is 4.42 Å². The molecule has 29 heavy (non-hydrogen) atoms. The highest BCUT2D eigenvalue weighted by atomic mass is 16.3. The Balaban J connectivity index is 1.41. The summed E-state index contributed by atoms with van der Waals surface area (Å²) >= 11 is 0. The van der Waals surface area contributed by atoms with Gasteiger partial charge in [-0.1, -0.05) is 30.3 Å². The first-order valence-electron chi connectivity index (χ1n) is 9.52. The Hall–Kier alpha value is -3.64. The van der Waals surface area contributed by atoms with Crippen LogP contribution in [0.2, 0.25) is 0 Å². The van der Waals surface area contributed by atoms with Crippen LogP contribution in [0.5, 0.6) is 0 Å². The van der Waals surface area contributed by atoms with Crippen molar-refractivity contribution in [2.24, 2.45) is 0 Å². The van der Waals surface area contributed by atoms with Crippen LogP contribution in [0.3, 0.4) is 0 Å². The van der Waals surface area contributed by atoms with E-state index in [4.69, 9.17) is 4.42 Å². The van der Waals surface area contributed by atoms with Gasteiger partial charge in [-0.05, 0) is 59.5 Å². The number of benzene rings is 2. The maximum Gasteiger partial charge on any atom is 0.348 e. The Bertz CT molecular complexity index is 1350. The molecule has 3 aromatic heterocycles. The van der Waals surface area contributed by atoms with E-state index in [1.807, 2.05) is 37.3 Å². The van der Waals surface area contributed by atoms with E-state index in [-0.39, 0.29) is 5.69 Å². The van der Waals surface area contributed by atoms with Crippen LogP contribution in [0.1, 0.15) is 16.9 Å². The predicted molar refractivity (Wildman–Crippen MR) is 113 cm³/mol. The maximum absolute atomic E-state index is 12.1. The molecule has 0 radical (unpaired) electrons. The van der Waals surface area contributed by atoms with Gasteiger partial charge in [-0.25, -0.2) is 14.3 Å². The van der Waals surface area contributed by atoms with Crippen molar-refractivity contribution in [2.45, 2.75) is 20.0 Å². The van der Waals surface area contributed by atoms with Crippen molar-refractivity contribution in [3.63, 3.8) is 0 Å². The molecule has 0 atom stereocenters. The second-order valence-corrected chi connectivity index (χ2v) is 7.16. The second kappa shape index (κ2) is 7.07. The molecule has 0 spiro atoms. The molecular formula is C23H20N4O2. The molecule has 0 aliphatic rings. The number of aromatic nitrogens is 3. The minimum atomic E-state index is -0.218. The van der Waals surface area contributed by atoms with Gasteiger partial charge < -0.3 is 9.73 Å². The predicted octanol–water partition coefficient (Wildman–Crippen LogP) is 4.03. The van der Waals surface area contributed by atoms with E-state index in [9.17, 15) is 4.79 Å². The van der Waals surface area contributed by atoms with Gasteiger partial charge in [0.15, 0.2) is 5.65 Å². The Kier molecular flexibility index (Phi) is 4.26. The Morgan fingerprint density at radius 3 is 2.66 bits per heavy atom. The third-order valence-corrected chi connectivity index (χ3v) is 5.20. The number of rotatable bonds is 5. The van der Waals surface area contributed by atoms with Gasteiger partial charge in [0.25, 0.3) is 0 Å². The van der Waals surface area contributed by atoms with Gasteiger partial charge in [0, 0.05) is 11.9 Å². The van der Waals surface area contributed by atoms with Gasteiger partial charge in [0.2, 0.25) is 0 Å². The topological polar surface area (TPSA) is 75.3 Å². The van der Waals surface area contributed by atoms with E-state index in [1.54, 1.807) is 10.7 Å². The fraction of sp³-hybridized carbons (Fsp3) is 0.130. The third kappa shape index (κ3) is 3.23. The fourth-order valence-electron chi connectivity index (χ4n) is 3.69. The lowest BCUT2D eigenvalue weighted by Crippen LogP contribution is -2.11. The Labute approximate surface area is 166 Å². The first-order valence-corrected chi connectivity index (χ1v) is 9.52. The van der Waals surface area contributed by atoms with Crippen molar-refractivity contribution in [1.29, 1.82) is 0 Å². The Morgan fingerprint density at radius 2 is 1.86 bits per heavy atom. The number of hydrogen-bond donors (Lipinski definition) is 2. The summed E-state index contributed by atoms with van der Waals surface area (Å²) in [5.41, 5.74) is 5.84. The lowest BCUT2D eigenvalue weighted by Gasteiger charge is -2.09. The average molecular weight is 384 g/mol. The molecule has 0 amide bonds. The molecule has 5 rings (SSSR count). The molecule has 6 nitrogen and oxygen atoms in total. The normalized spacial score (nSPS) is 11.5. The molecule has 2 aromatic carbocycles. The van der Waals surface area contributed by atoms with Crippen LogP contribution < -0.4 is 11.0 Å². The van der Waals surface area contributed by atoms with E-state index < -0.39 is 0 Å². The molecule has 0 aliphatic carbocycles. The first kappa shape index (κ1) is 17.5. The smallest absolute Gasteiger partial charge is 0.348 e. The van der Waals surface area contributed by atoms with E-state index in [0.717, 1.165) is 39.9 Å². The molecule has 0 aliphatic heterocycles. The number of aryl methyl sites for hydroxylation is 1. The molecule has 2 N–H and O–H groups in total. The highest BCUT2D eigenvalue weighted by Crippen LogP contribution is 2.27. The molecule has 3 heterocycles. The van der Waals surface area contributed by atoms with Crippen molar-refractivity contribution in [3.05, 3.63) is 94.3 Å². The van der Waals surface area contributed by atoms with Crippen molar-refractivity contribution >= 4 is 16.6 Å². The maximum atomic E-state index is 12.1. The zero-order valence-electron chi connectivity index (χ0n) is 16.0. The van der Waals surface area contributed by atoms with Gasteiger partial charge in [-0.3, -0.25) is 0 Å². The molecule has 0 unspecified atom stereocenters. The number of H-pyrrole nitrogens is 1. The number of pyridine rings is 1. The summed E-state index contributed by atoms with van der Waals surface area (Å²) in [7, 11) is 0. The molecule has 144 valence electrons. The van der Waals surface area contributed by atoms with E-state index in [2.05, 4.69) is 45.8 Å². The number of furan rings is 1. The van der Waals surface area contributed by atoms with Crippen LogP contribution in [0.15, 0.2) is 76.1 Å². The summed E-state index contributed by atoms with van der Waals surface area (Å²) in [5, 5.41) is 11.0. The van der Waals surface area contributed by atoms with Gasteiger partial charge in [-0.15, -0.1) is 0 Å². The number of fused-ring (bicyclic) bond motifs is 3.